The van der Waals surface area contributed by atoms with Crippen molar-refractivity contribution in [3.63, 3.8) is 0 Å². The lowest BCUT2D eigenvalue weighted by atomic mass is 10.1. The van der Waals surface area contributed by atoms with Crippen LogP contribution in [-0.4, -0.2) is 23.2 Å². The largest absolute Gasteiger partial charge is 0.333 e. The number of hydrogen-bond donors (Lipinski definition) is 0. The molecule has 0 N–H and O–H groups in total. The van der Waals surface area contributed by atoms with Crippen molar-refractivity contribution in [2.45, 2.75) is 24.2 Å². The lowest BCUT2D eigenvalue weighted by Crippen LogP contribution is -2.32. The van der Waals surface area contributed by atoms with Crippen molar-refractivity contribution in [2.24, 2.45) is 0 Å². The molecule has 0 aromatic heterocycles. The van der Waals surface area contributed by atoms with E-state index in [1.807, 2.05) is 29.2 Å². The maximum Gasteiger partial charge on any atom is 0.286 e. The van der Waals surface area contributed by atoms with Crippen molar-refractivity contribution in [1.82, 2.24) is 4.90 Å². The third-order valence-corrected chi connectivity index (χ3v) is 4.10. The molecule has 0 saturated carbocycles. The van der Waals surface area contributed by atoms with E-state index in [2.05, 4.69) is 15.9 Å². The quantitative estimate of drug-likeness (QED) is 0.726. The standard InChI is InChI=1S/C12H14BrNOS/c13-10-4-6-11(7-5-10)16-12(15)14-8-2-1-3-9-14/h4-7H,1-3,8-9H2. The van der Waals surface area contributed by atoms with E-state index in [0.717, 1.165) is 35.3 Å². The Labute approximate surface area is 109 Å². The van der Waals surface area contributed by atoms with Crippen molar-refractivity contribution in [2.75, 3.05) is 13.1 Å². The topological polar surface area (TPSA) is 20.3 Å². The van der Waals surface area contributed by atoms with Gasteiger partial charge in [0, 0.05) is 22.5 Å². The number of rotatable bonds is 1. The first-order valence-corrected chi connectivity index (χ1v) is 7.09. The van der Waals surface area contributed by atoms with Gasteiger partial charge in [0.15, 0.2) is 0 Å². The van der Waals surface area contributed by atoms with Crippen LogP contribution in [0.3, 0.4) is 0 Å². The fourth-order valence-electron chi connectivity index (χ4n) is 1.74. The van der Waals surface area contributed by atoms with Crippen molar-refractivity contribution < 1.29 is 4.79 Å². The summed E-state index contributed by atoms with van der Waals surface area (Å²) < 4.78 is 1.04. The van der Waals surface area contributed by atoms with Crippen molar-refractivity contribution in [3.8, 4) is 0 Å². The zero-order chi connectivity index (χ0) is 11.4. The number of carbonyl (C=O) groups excluding carboxylic acids is 1. The average Bonchev–Trinajstić information content (AvgIpc) is 2.33. The molecule has 0 aliphatic carbocycles. The van der Waals surface area contributed by atoms with E-state index in [4.69, 9.17) is 0 Å². The molecule has 86 valence electrons. The van der Waals surface area contributed by atoms with E-state index in [0.29, 0.717) is 0 Å². The SMILES string of the molecule is O=C(Sc1ccc(Br)cc1)N1CCCCC1. The lowest BCUT2D eigenvalue weighted by Gasteiger charge is -2.26. The van der Waals surface area contributed by atoms with Crippen LogP contribution in [0.1, 0.15) is 19.3 Å². The second-order valence-corrected chi connectivity index (χ2v) is 5.81. The summed E-state index contributed by atoms with van der Waals surface area (Å²) in [5.74, 6) is 0. The summed E-state index contributed by atoms with van der Waals surface area (Å²) in [7, 11) is 0. The van der Waals surface area contributed by atoms with Gasteiger partial charge in [0.05, 0.1) is 0 Å². The monoisotopic (exact) mass is 299 g/mol. The van der Waals surface area contributed by atoms with Gasteiger partial charge in [0.2, 0.25) is 0 Å². The molecule has 2 rings (SSSR count). The minimum absolute atomic E-state index is 0.182. The van der Waals surface area contributed by atoms with E-state index >= 15 is 0 Å². The zero-order valence-corrected chi connectivity index (χ0v) is 11.4. The Morgan fingerprint density at radius 1 is 1.12 bits per heavy atom. The Kier molecular flexibility index (Phi) is 4.29. The third-order valence-electron chi connectivity index (χ3n) is 2.63. The fourth-order valence-corrected chi connectivity index (χ4v) is 2.79. The second kappa shape index (κ2) is 5.73. The van der Waals surface area contributed by atoms with Gasteiger partial charge in [-0.05, 0) is 55.3 Å². The normalized spacial score (nSPS) is 16.2. The third kappa shape index (κ3) is 3.25. The first-order valence-electron chi connectivity index (χ1n) is 5.48. The Hall–Kier alpha value is -0.480. The molecule has 0 bridgehead atoms. The molecule has 1 saturated heterocycles. The van der Waals surface area contributed by atoms with E-state index in [1.54, 1.807) is 0 Å². The summed E-state index contributed by atoms with van der Waals surface area (Å²) in [6.07, 6.45) is 3.55. The molecule has 1 aromatic rings. The number of hydrogen-bond acceptors (Lipinski definition) is 2. The molecule has 1 aliphatic rings. The van der Waals surface area contributed by atoms with Gasteiger partial charge in [-0.1, -0.05) is 15.9 Å². The zero-order valence-electron chi connectivity index (χ0n) is 8.99. The Bertz CT molecular complexity index is 360. The highest BCUT2D eigenvalue weighted by Crippen LogP contribution is 2.24. The molecule has 4 heteroatoms. The van der Waals surface area contributed by atoms with Gasteiger partial charge >= 0.3 is 0 Å². The first-order chi connectivity index (χ1) is 7.75. The molecule has 1 aliphatic heterocycles. The first kappa shape index (κ1) is 12.0. The average molecular weight is 300 g/mol. The fraction of sp³-hybridized carbons (Fsp3) is 0.417. The molecule has 0 spiro atoms. The van der Waals surface area contributed by atoms with Crippen LogP contribution < -0.4 is 0 Å². The molecule has 0 unspecified atom stereocenters. The molecule has 1 fully saturated rings. The van der Waals surface area contributed by atoms with E-state index in [-0.39, 0.29) is 5.24 Å². The van der Waals surface area contributed by atoms with Gasteiger partial charge < -0.3 is 4.90 Å². The lowest BCUT2D eigenvalue weighted by molar-refractivity contribution is 0.211. The van der Waals surface area contributed by atoms with Crippen LogP contribution in [0.25, 0.3) is 0 Å². The summed E-state index contributed by atoms with van der Waals surface area (Å²) in [6, 6.07) is 7.87. The van der Waals surface area contributed by atoms with Gasteiger partial charge in [0.25, 0.3) is 5.24 Å². The predicted octanol–water partition coefficient (Wildman–Crippen LogP) is 4.15. The van der Waals surface area contributed by atoms with E-state index in [9.17, 15) is 4.79 Å². The van der Waals surface area contributed by atoms with E-state index in [1.165, 1.54) is 18.2 Å². The second-order valence-electron chi connectivity index (χ2n) is 3.87. The minimum atomic E-state index is 0.182. The van der Waals surface area contributed by atoms with E-state index < -0.39 is 0 Å². The highest BCUT2D eigenvalue weighted by Gasteiger charge is 2.17. The van der Waals surface area contributed by atoms with Crippen molar-refractivity contribution in [1.29, 1.82) is 0 Å². The smallest absolute Gasteiger partial charge is 0.286 e. The Morgan fingerprint density at radius 2 is 1.75 bits per heavy atom. The highest BCUT2D eigenvalue weighted by molar-refractivity contribution is 9.10. The summed E-state index contributed by atoms with van der Waals surface area (Å²) in [6.45, 7) is 1.84. The van der Waals surface area contributed by atoms with Crippen LogP contribution in [0, 0.1) is 0 Å². The van der Waals surface area contributed by atoms with Crippen LogP contribution in [-0.2, 0) is 0 Å². The summed E-state index contributed by atoms with van der Waals surface area (Å²) in [4.78, 5) is 14.9. The number of nitrogens with zero attached hydrogens (tertiary/aromatic N) is 1. The minimum Gasteiger partial charge on any atom is -0.333 e. The van der Waals surface area contributed by atoms with Gasteiger partial charge in [-0.25, -0.2) is 0 Å². The van der Waals surface area contributed by atoms with Gasteiger partial charge in [-0.2, -0.15) is 0 Å². The molecule has 16 heavy (non-hydrogen) atoms. The van der Waals surface area contributed by atoms with Gasteiger partial charge in [0.1, 0.15) is 0 Å². The summed E-state index contributed by atoms with van der Waals surface area (Å²) in [5, 5.41) is 0.182. The van der Waals surface area contributed by atoms with Crippen LogP contribution >= 0.6 is 27.7 Å². The van der Waals surface area contributed by atoms with Crippen LogP contribution in [0.15, 0.2) is 33.6 Å². The number of halogens is 1. The number of carbonyl (C=O) groups is 1. The summed E-state index contributed by atoms with van der Waals surface area (Å²) in [5.41, 5.74) is 0. The molecule has 0 atom stereocenters. The number of thioether (sulfide) groups is 1. The molecular weight excluding hydrogens is 286 g/mol. The molecule has 1 aromatic carbocycles. The summed E-state index contributed by atoms with van der Waals surface area (Å²) >= 11 is 4.71. The molecule has 2 nitrogen and oxygen atoms in total. The number of likely N-dealkylation sites (tertiary alicyclic amines) is 1. The Morgan fingerprint density at radius 3 is 2.38 bits per heavy atom. The number of amides is 1. The highest BCUT2D eigenvalue weighted by atomic mass is 79.9. The molecule has 1 amide bonds. The number of benzene rings is 1. The van der Waals surface area contributed by atoms with Crippen LogP contribution in [0.5, 0.6) is 0 Å². The maximum absolute atomic E-state index is 11.9. The maximum atomic E-state index is 11.9. The van der Waals surface area contributed by atoms with Gasteiger partial charge in [-0.15, -0.1) is 0 Å². The van der Waals surface area contributed by atoms with Crippen LogP contribution in [0.2, 0.25) is 0 Å². The number of piperidine rings is 1. The van der Waals surface area contributed by atoms with Gasteiger partial charge in [-0.3, -0.25) is 4.79 Å². The Balaban J connectivity index is 1.93. The molecule has 1 heterocycles. The molecular formula is C12H14BrNOS. The van der Waals surface area contributed by atoms with Crippen LogP contribution in [0.4, 0.5) is 4.79 Å². The molecule has 0 radical (unpaired) electrons. The predicted molar refractivity (Wildman–Crippen MR) is 70.8 cm³/mol. The van der Waals surface area contributed by atoms with Crippen molar-refractivity contribution >= 4 is 32.9 Å². The van der Waals surface area contributed by atoms with Crippen molar-refractivity contribution in [3.05, 3.63) is 28.7 Å².